The number of halogens is 1. The van der Waals surface area contributed by atoms with Gasteiger partial charge in [0.1, 0.15) is 11.6 Å². The van der Waals surface area contributed by atoms with Gasteiger partial charge in [0.15, 0.2) is 0 Å². The van der Waals surface area contributed by atoms with Crippen molar-refractivity contribution in [2.45, 2.75) is 13.5 Å². The van der Waals surface area contributed by atoms with Crippen molar-refractivity contribution in [1.29, 1.82) is 0 Å². The topological polar surface area (TPSA) is 55.5 Å². The highest BCUT2D eigenvalue weighted by Gasteiger charge is 2.05. The minimum Gasteiger partial charge on any atom is -0.508 e. The summed E-state index contributed by atoms with van der Waals surface area (Å²) in [5, 5.41) is 9.19. The van der Waals surface area contributed by atoms with E-state index in [0.29, 0.717) is 5.56 Å². The van der Waals surface area contributed by atoms with Crippen molar-refractivity contribution >= 4 is 0 Å². The quantitative estimate of drug-likeness (QED) is 0.658. The molecule has 1 aromatic rings. The molecule has 0 aromatic heterocycles. The lowest BCUT2D eigenvalue weighted by molar-refractivity contribution is 0.121. The van der Waals surface area contributed by atoms with Gasteiger partial charge in [-0.05, 0) is 24.6 Å². The third kappa shape index (κ3) is 1.72. The van der Waals surface area contributed by atoms with Gasteiger partial charge in [0.05, 0.1) is 6.61 Å². The summed E-state index contributed by atoms with van der Waals surface area (Å²) in [5.41, 5.74) is 0.744. The van der Waals surface area contributed by atoms with Gasteiger partial charge in [-0.15, -0.1) is 0 Å². The molecule has 66 valence electrons. The molecule has 0 amide bonds. The summed E-state index contributed by atoms with van der Waals surface area (Å²) in [5.74, 6) is 4.39. The van der Waals surface area contributed by atoms with Gasteiger partial charge in [-0.25, -0.2) is 10.3 Å². The SMILES string of the molecule is Cc1cc(F)c(CON)cc1O. The molecule has 4 heteroatoms. The molecule has 3 nitrogen and oxygen atoms in total. The molecule has 12 heavy (non-hydrogen) atoms. The minimum absolute atomic E-state index is 0.0420. The van der Waals surface area contributed by atoms with Crippen molar-refractivity contribution < 1.29 is 14.3 Å². The predicted octanol–water partition coefficient (Wildman–Crippen LogP) is 1.23. The van der Waals surface area contributed by atoms with Crippen LogP contribution in [0.3, 0.4) is 0 Å². The van der Waals surface area contributed by atoms with Crippen LogP contribution in [0.25, 0.3) is 0 Å². The largest absolute Gasteiger partial charge is 0.508 e. The number of aryl methyl sites for hydroxylation is 1. The van der Waals surface area contributed by atoms with E-state index in [0.717, 1.165) is 0 Å². The fraction of sp³-hybridized carbons (Fsp3) is 0.250. The smallest absolute Gasteiger partial charge is 0.129 e. The van der Waals surface area contributed by atoms with E-state index >= 15 is 0 Å². The van der Waals surface area contributed by atoms with Crippen LogP contribution >= 0.6 is 0 Å². The first-order valence-electron chi connectivity index (χ1n) is 3.45. The zero-order chi connectivity index (χ0) is 9.14. The molecule has 0 bridgehead atoms. The van der Waals surface area contributed by atoms with E-state index in [4.69, 9.17) is 5.90 Å². The molecule has 0 aliphatic rings. The monoisotopic (exact) mass is 171 g/mol. The van der Waals surface area contributed by atoms with Gasteiger partial charge in [0, 0.05) is 5.56 Å². The van der Waals surface area contributed by atoms with Crippen LogP contribution < -0.4 is 5.90 Å². The van der Waals surface area contributed by atoms with Gasteiger partial charge >= 0.3 is 0 Å². The maximum atomic E-state index is 13.0. The Balaban J connectivity index is 3.05. The minimum atomic E-state index is -0.421. The van der Waals surface area contributed by atoms with Crippen molar-refractivity contribution in [2.24, 2.45) is 5.90 Å². The zero-order valence-corrected chi connectivity index (χ0v) is 6.67. The second-order valence-electron chi connectivity index (χ2n) is 2.54. The average molecular weight is 171 g/mol. The standard InChI is InChI=1S/C8H10FNO2/c1-5-2-7(9)6(4-12-10)3-8(5)11/h2-3,11H,4,10H2,1H3. The summed E-state index contributed by atoms with van der Waals surface area (Å²) in [4.78, 5) is 4.25. The zero-order valence-electron chi connectivity index (χ0n) is 6.67. The Morgan fingerprint density at radius 3 is 2.83 bits per heavy atom. The second-order valence-corrected chi connectivity index (χ2v) is 2.54. The number of rotatable bonds is 2. The van der Waals surface area contributed by atoms with Gasteiger partial charge in [0.2, 0.25) is 0 Å². The van der Waals surface area contributed by atoms with Crippen molar-refractivity contribution in [1.82, 2.24) is 0 Å². The van der Waals surface area contributed by atoms with E-state index in [1.54, 1.807) is 6.92 Å². The predicted molar refractivity (Wildman–Crippen MR) is 41.8 cm³/mol. The van der Waals surface area contributed by atoms with E-state index in [9.17, 15) is 9.50 Å². The van der Waals surface area contributed by atoms with Crippen molar-refractivity contribution in [3.05, 3.63) is 29.1 Å². The van der Waals surface area contributed by atoms with E-state index < -0.39 is 5.82 Å². The van der Waals surface area contributed by atoms with Crippen LogP contribution in [0.1, 0.15) is 11.1 Å². The molecule has 0 atom stereocenters. The summed E-state index contributed by atoms with van der Waals surface area (Å²) in [7, 11) is 0. The Morgan fingerprint density at radius 2 is 2.25 bits per heavy atom. The first-order chi connectivity index (χ1) is 5.65. The van der Waals surface area contributed by atoms with Crippen molar-refractivity contribution in [2.75, 3.05) is 0 Å². The molecule has 0 aliphatic heterocycles. The highest BCUT2D eigenvalue weighted by Crippen LogP contribution is 2.20. The molecule has 3 N–H and O–H groups in total. The molecule has 1 aromatic carbocycles. The van der Waals surface area contributed by atoms with Crippen LogP contribution in [-0.2, 0) is 11.4 Å². The number of phenolic OH excluding ortho intramolecular Hbond substituents is 1. The molecule has 0 radical (unpaired) electrons. The van der Waals surface area contributed by atoms with E-state index in [1.165, 1.54) is 12.1 Å². The van der Waals surface area contributed by atoms with E-state index in [-0.39, 0.29) is 17.9 Å². The average Bonchev–Trinajstić information content (AvgIpc) is 2.01. The van der Waals surface area contributed by atoms with Crippen LogP contribution in [0.2, 0.25) is 0 Å². The van der Waals surface area contributed by atoms with Gasteiger partial charge in [-0.3, -0.25) is 4.84 Å². The summed E-state index contributed by atoms with van der Waals surface area (Å²) in [6.07, 6.45) is 0. The maximum Gasteiger partial charge on any atom is 0.129 e. The van der Waals surface area contributed by atoms with Crippen LogP contribution in [0.15, 0.2) is 12.1 Å². The lowest BCUT2D eigenvalue weighted by atomic mass is 10.1. The number of nitrogens with two attached hydrogens (primary N) is 1. The van der Waals surface area contributed by atoms with Crippen LogP contribution in [-0.4, -0.2) is 5.11 Å². The molecule has 0 unspecified atom stereocenters. The first kappa shape index (κ1) is 8.96. The van der Waals surface area contributed by atoms with Gasteiger partial charge < -0.3 is 5.11 Å². The molecule has 0 saturated carbocycles. The van der Waals surface area contributed by atoms with Crippen LogP contribution in [0.4, 0.5) is 4.39 Å². The molecule has 0 spiro atoms. The Labute approximate surface area is 69.5 Å². The molecule has 1 rings (SSSR count). The summed E-state index contributed by atoms with van der Waals surface area (Å²) >= 11 is 0. The van der Waals surface area contributed by atoms with Crippen molar-refractivity contribution in [3.8, 4) is 5.75 Å². The summed E-state index contributed by atoms with van der Waals surface area (Å²) in [6.45, 7) is 1.57. The highest BCUT2D eigenvalue weighted by atomic mass is 19.1. The molecule has 0 heterocycles. The number of aromatic hydroxyl groups is 1. The number of benzene rings is 1. The molecule has 0 saturated heterocycles. The van der Waals surface area contributed by atoms with Crippen LogP contribution in [0, 0.1) is 12.7 Å². The third-order valence-electron chi connectivity index (χ3n) is 1.60. The highest BCUT2D eigenvalue weighted by molar-refractivity contribution is 5.36. The van der Waals surface area contributed by atoms with Crippen molar-refractivity contribution in [3.63, 3.8) is 0 Å². The second kappa shape index (κ2) is 3.51. The lowest BCUT2D eigenvalue weighted by Crippen LogP contribution is -2.01. The third-order valence-corrected chi connectivity index (χ3v) is 1.60. The van der Waals surface area contributed by atoms with E-state index in [2.05, 4.69) is 4.84 Å². The van der Waals surface area contributed by atoms with E-state index in [1.807, 2.05) is 0 Å². The summed E-state index contributed by atoms with van der Waals surface area (Å²) in [6, 6.07) is 2.54. The summed E-state index contributed by atoms with van der Waals surface area (Å²) < 4.78 is 13.0. The Hall–Kier alpha value is -1.13. The fourth-order valence-electron chi connectivity index (χ4n) is 0.905. The van der Waals surface area contributed by atoms with Gasteiger partial charge in [-0.2, -0.15) is 0 Å². The van der Waals surface area contributed by atoms with Crippen LogP contribution in [0.5, 0.6) is 5.75 Å². The van der Waals surface area contributed by atoms with Gasteiger partial charge in [-0.1, -0.05) is 0 Å². The lowest BCUT2D eigenvalue weighted by Gasteiger charge is -2.04. The molecular formula is C8H10FNO2. The molecule has 0 aliphatic carbocycles. The Bertz CT molecular complexity index is 289. The Kier molecular flexibility index (Phi) is 2.62. The first-order valence-corrected chi connectivity index (χ1v) is 3.45. The Morgan fingerprint density at radius 1 is 1.58 bits per heavy atom. The normalized spacial score (nSPS) is 10.2. The number of phenols is 1. The number of hydrogen-bond acceptors (Lipinski definition) is 3. The molecular weight excluding hydrogens is 161 g/mol. The van der Waals surface area contributed by atoms with Gasteiger partial charge in [0.25, 0.3) is 0 Å². The molecule has 0 fully saturated rings. The number of hydrogen-bond donors (Lipinski definition) is 2. The fourth-order valence-corrected chi connectivity index (χ4v) is 0.905. The maximum absolute atomic E-state index is 13.0.